The van der Waals surface area contributed by atoms with Crippen molar-refractivity contribution < 1.29 is 4.79 Å². The van der Waals surface area contributed by atoms with Crippen molar-refractivity contribution >= 4 is 36.2 Å². The number of piperazine rings is 1. The van der Waals surface area contributed by atoms with Crippen molar-refractivity contribution in [1.82, 2.24) is 25.2 Å². The van der Waals surface area contributed by atoms with Gasteiger partial charge in [-0.25, -0.2) is 0 Å². The molecule has 3 fully saturated rings. The van der Waals surface area contributed by atoms with Crippen LogP contribution in [0, 0.1) is 11.8 Å². The second-order valence-corrected chi connectivity index (χ2v) is 9.77. The van der Waals surface area contributed by atoms with Gasteiger partial charge < -0.3 is 25.8 Å². The lowest BCUT2D eigenvalue weighted by molar-refractivity contribution is -0.126. The van der Waals surface area contributed by atoms with E-state index >= 15 is 0 Å². The number of carbonyl (C=O) groups is 1. The van der Waals surface area contributed by atoms with Gasteiger partial charge in [0, 0.05) is 51.7 Å². The summed E-state index contributed by atoms with van der Waals surface area (Å²) in [5.74, 6) is 3.03. The lowest BCUT2D eigenvalue weighted by Gasteiger charge is -2.33. The van der Waals surface area contributed by atoms with Crippen molar-refractivity contribution in [3.8, 4) is 0 Å². The number of likely N-dealkylation sites (N-methyl/N-ethyl adjacent to an activating group) is 1. The highest BCUT2D eigenvalue weighted by Crippen LogP contribution is 2.28. The van der Waals surface area contributed by atoms with Gasteiger partial charge in [-0.05, 0) is 51.5 Å². The van der Waals surface area contributed by atoms with Crippen LogP contribution in [0.2, 0.25) is 0 Å². The van der Waals surface area contributed by atoms with Crippen LogP contribution in [-0.4, -0.2) is 78.6 Å². The second-order valence-electron chi connectivity index (χ2n) is 9.77. The monoisotopic (exact) mass is 480 g/mol. The third-order valence-corrected chi connectivity index (χ3v) is 7.35. The molecule has 1 aromatic rings. The molecule has 0 bridgehead atoms. The number of carbonyl (C=O) groups excluding carboxylic acids is 1. The molecule has 2 heterocycles. The molecule has 1 amide bonds. The van der Waals surface area contributed by atoms with Crippen LogP contribution in [0.3, 0.4) is 0 Å². The lowest BCUT2D eigenvalue weighted by atomic mass is 9.85. The number of nitrogens with one attached hydrogen (secondary N) is 3. The summed E-state index contributed by atoms with van der Waals surface area (Å²) < 4.78 is 0. The Morgan fingerprint density at radius 3 is 2.24 bits per heavy atom. The van der Waals surface area contributed by atoms with Crippen LogP contribution >= 0.6 is 12.4 Å². The topological polar surface area (TPSA) is 98.3 Å². The van der Waals surface area contributed by atoms with Crippen molar-refractivity contribution in [1.29, 1.82) is 0 Å². The Morgan fingerprint density at radius 1 is 0.909 bits per heavy atom. The van der Waals surface area contributed by atoms with Crippen LogP contribution in [0.4, 0.5) is 17.8 Å². The summed E-state index contributed by atoms with van der Waals surface area (Å²) in [6, 6.07) is 0.296. The SMILES string of the molecule is CNc1nc(NC2CCC(C(=O)NCC3CCCCC3)CC2)nc(N2CCN(C)CC2)n1.Cl. The maximum Gasteiger partial charge on any atom is 0.232 e. The zero-order chi connectivity index (χ0) is 22.3. The van der Waals surface area contributed by atoms with E-state index < -0.39 is 0 Å². The second kappa shape index (κ2) is 12.6. The fourth-order valence-corrected chi connectivity index (χ4v) is 5.15. The number of nitrogens with zero attached hydrogens (tertiary/aromatic N) is 5. The smallest absolute Gasteiger partial charge is 0.232 e. The van der Waals surface area contributed by atoms with Crippen LogP contribution in [0.25, 0.3) is 0 Å². The number of anilines is 3. The van der Waals surface area contributed by atoms with Crippen molar-refractivity contribution in [3.63, 3.8) is 0 Å². The zero-order valence-corrected chi connectivity index (χ0v) is 21.0. The average Bonchev–Trinajstić information content (AvgIpc) is 2.84. The molecule has 1 aliphatic heterocycles. The molecule has 4 rings (SSSR count). The summed E-state index contributed by atoms with van der Waals surface area (Å²) in [6.45, 7) is 4.73. The van der Waals surface area contributed by atoms with E-state index in [1.54, 1.807) is 0 Å². The van der Waals surface area contributed by atoms with Crippen molar-refractivity contribution in [2.75, 3.05) is 62.4 Å². The van der Waals surface area contributed by atoms with Crippen LogP contribution in [0.15, 0.2) is 0 Å². The number of halogens is 1. The first-order valence-corrected chi connectivity index (χ1v) is 12.5. The Kier molecular flexibility index (Phi) is 9.79. The average molecular weight is 481 g/mol. The van der Waals surface area contributed by atoms with Gasteiger partial charge >= 0.3 is 0 Å². The molecule has 186 valence electrons. The number of hydrogen-bond donors (Lipinski definition) is 3. The van der Waals surface area contributed by atoms with Gasteiger partial charge in [-0.2, -0.15) is 15.0 Å². The van der Waals surface area contributed by atoms with E-state index in [0.717, 1.165) is 64.4 Å². The fraction of sp³-hybridized carbons (Fsp3) is 0.826. The minimum absolute atomic E-state index is 0. The normalized spacial score (nSPS) is 24.6. The molecular weight excluding hydrogens is 440 g/mol. The van der Waals surface area contributed by atoms with Gasteiger partial charge in [0.15, 0.2) is 0 Å². The Labute approximate surface area is 204 Å². The quantitative estimate of drug-likeness (QED) is 0.548. The first-order valence-electron chi connectivity index (χ1n) is 12.5. The van der Waals surface area contributed by atoms with Crippen molar-refractivity contribution in [2.45, 2.75) is 63.8 Å². The zero-order valence-electron chi connectivity index (χ0n) is 20.2. The third-order valence-electron chi connectivity index (χ3n) is 7.35. The maximum atomic E-state index is 12.7. The Morgan fingerprint density at radius 2 is 1.58 bits per heavy atom. The number of rotatable bonds is 7. The van der Waals surface area contributed by atoms with Crippen LogP contribution in [-0.2, 0) is 4.79 Å². The summed E-state index contributed by atoms with van der Waals surface area (Å²) in [5, 5.41) is 9.82. The molecule has 1 aromatic heterocycles. The summed E-state index contributed by atoms with van der Waals surface area (Å²) in [7, 11) is 3.98. The highest BCUT2D eigenvalue weighted by Gasteiger charge is 2.28. The fourth-order valence-electron chi connectivity index (χ4n) is 5.15. The molecule has 9 nitrogen and oxygen atoms in total. The summed E-state index contributed by atoms with van der Waals surface area (Å²) in [4.78, 5) is 31.0. The van der Waals surface area contributed by atoms with E-state index in [2.05, 4.69) is 42.8 Å². The lowest BCUT2D eigenvalue weighted by Crippen LogP contribution is -2.45. The molecule has 0 radical (unpaired) electrons. The van der Waals surface area contributed by atoms with Gasteiger partial charge in [0.05, 0.1) is 0 Å². The predicted octanol–water partition coefficient (Wildman–Crippen LogP) is 2.75. The van der Waals surface area contributed by atoms with E-state index in [-0.39, 0.29) is 24.2 Å². The Bertz CT molecular complexity index is 744. The van der Waals surface area contributed by atoms with Gasteiger partial charge in [-0.15, -0.1) is 12.4 Å². The van der Waals surface area contributed by atoms with E-state index in [0.29, 0.717) is 23.9 Å². The molecule has 0 unspecified atom stereocenters. The van der Waals surface area contributed by atoms with Crippen molar-refractivity contribution in [2.24, 2.45) is 11.8 Å². The number of hydrogen-bond acceptors (Lipinski definition) is 8. The molecule has 0 atom stereocenters. The minimum Gasteiger partial charge on any atom is -0.357 e. The summed E-state index contributed by atoms with van der Waals surface area (Å²) in [6.07, 6.45) is 10.3. The predicted molar refractivity (Wildman–Crippen MR) is 135 cm³/mol. The molecular formula is C23H41ClN8O. The van der Waals surface area contributed by atoms with Gasteiger partial charge in [-0.1, -0.05) is 19.3 Å². The van der Waals surface area contributed by atoms with Gasteiger partial charge in [-0.3, -0.25) is 4.79 Å². The van der Waals surface area contributed by atoms with Gasteiger partial charge in [0.25, 0.3) is 0 Å². The number of amides is 1. The highest BCUT2D eigenvalue weighted by atomic mass is 35.5. The van der Waals surface area contributed by atoms with E-state index in [1.165, 1.54) is 32.1 Å². The first kappa shape index (κ1) is 25.7. The van der Waals surface area contributed by atoms with Gasteiger partial charge in [0.2, 0.25) is 23.8 Å². The molecule has 0 spiro atoms. The van der Waals surface area contributed by atoms with E-state index in [9.17, 15) is 4.79 Å². The standard InChI is InChI=1S/C23H40N8O.ClH/c1-24-21-27-22(29-23(28-21)31-14-12-30(2)13-15-31)26-19-10-8-18(9-11-19)20(32)25-16-17-6-4-3-5-7-17;/h17-19H,3-16H2,1-2H3,(H,25,32)(H2,24,26,27,28,29);1H. The summed E-state index contributed by atoms with van der Waals surface area (Å²) in [5.41, 5.74) is 0. The Hall–Kier alpha value is -1.87. The van der Waals surface area contributed by atoms with E-state index in [4.69, 9.17) is 4.98 Å². The molecule has 0 aromatic carbocycles. The number of aromatic nitrogens is 3. The molecule has 3 N–H and O–H groups in total. The maximum absolute atomic E-state index is 12.7. The Balaban J connectivity index is 0.00000306. The van der Waals surface area contributed by atoms with Crippen LogP contribution in [0.5, 0.6) is 0 Å². The first-order chi connectivity index (χ1) is 15.6. The molecule has 1 saturated heterocycles. The third kappa shape index (κ3) is 7.30. The highest BCUT2D eigenvalue weighted by molar-refractivity contribution is 5.85. The molecule has 2 aliphatic carbocycles. The summed E-state index contributed by atoms with van der Waals surface area (Å²) >= 11 is 0. The minimum atomic E-state index is 0. The molecule has 33 heavy (non-hydrogen) atoms. The molecule has 2 saturated carbocycles. The van der Waals surface area contributed by atoms with Crippen LogP contribution in [0.1, 0.15) is 57.8 Å². The molecule has 10 heteroatoms. The van der Waals surface area contributed by atoms with Crippen molar-refractivity contribution in [3.05, 3.63) is 0 Å². The van der Waals surface area contributed by atoms with Gasteiger partial charge in [0.1, 0.15) is 0 Å². The van der Waals surface area contributed by atoms with Crippen LogP contribution < -0.4 is 20.9 Å². The van der Waals surface area contributed by atoms with E-state index in [1.807, 2.05) is 7.05 Å². The largest absolute Gasteiger partial charge is 0.357 e. The molecule has 3 aliphatic rings.